The van der Waals surface area contributed by atoms with Crippen LogP contribution in [0.1, 0.15) is 47.2 Å². The second-order valence-electron chi connectivity index (χ2n) is 7.46. The first-order chi connectivity index (χ1) is 16.1. The largest absolute Gasteiger partial charge is 0.445 e. The van der Waals surface area contributed by atoms with E-state index in [9.17, 15) is 14.4 Å². The molecule has 170 valence electrons. The van der Waals surface area contributed by atoms with Gasteiger partial charge in [0.1, 0.15) is 12.4 Å². The zero-order valence-electron chi connectivity index (χ0n) is 18.4. The fourth-order valence-electron chi connectivity index (χ4n) is 3.20. The summed E-state index contributed by atoms with van der Waals surface area (Å²) in [5.41, 5.74) is 1.82. The highest BCUT2D eigenvalue weighted by atomic mass is 16.5. The van der Waals surface area contributed by atoms with E-state index in [2.05, 4.69) is 5.32 Å². The first-order valence-corrected chi connectivity index (χ1v) is 11.0. The molecule has 0 spiro atoms. The average Bonchev–Trinajstić information content (AvgIpc) is 2.86. The van der Waals surface area contributed by atoms with Crippen molar-refractivity contribution in [3.63, 3.8) is 0 Å². The van der Waals surface area contributed by atoms with Crippen molar-refractivity contribution in [2.45, 2.75) is 32.3 Å². The summed E-state index contributed by atoms with van der Waals surface area (Å²) in [5.74, 6) is -0.318. The van der Waals surface area contributed by atoms with Crippen LogP contribution in [-0.2, 0) is 16.1 Å². The monoisotopic (exact) mass is 445 g/mol. The molecule has 0 radical (unpaired) electrons. The van der Waals surface area contributed by atoms with Crippen molar-refractivity contribution in [2.75, 3.05) is 6.54 Å². The molecule has 0 heterocycles. The number of amides is 1. The zero-order valence-corrected chi connectivity index (χ0v) is 18.4. The van der Waals surface area contributed by atoms with Gasteiger partial charge in [-0.3, -0.25) is 9.59 Å². The topological polar surface area (TPSA) is 81.7 Å². The lowest BCUT2D eigenvalue weighted by Crippen LogP contribution is -2.25. The average molecular weight is 446 g/mol. The Kier molecular flexibility index (Phi) is 9.21. The molecule has 0 saturated heterocycles. The van der Waals surface area contributed by atoms with Crippen LogP contribution < -0.4 is 10.1 Å². The minimum absolute atomic E-state index is 0.191. The Balaban J connectivity index is 1.34. The number of rotatable bonds is 11. The number of carbonyl (C=O) groups is 3. The number of ketones is 1. The molecule has 0 bridgehead atoms. The van der Waals surface area contributed by atoms with Gasteiger partial charge in [-0.05, 0) is 30.5 Å². The summed E-state index contributed by atoms with van der Waals surface area (Å²) in [4.78, 5) is 36.7. The van der Waals surface area contributed by atoms with Crippen LogP contribution in [0.25, 0.3) is 0 Å². The third kappa shape index (κ3) is 7.92. The number of carbonyl (C=O) groups excluding carboxylic acids is 3. The second kappa shape index (κ2) is 12.8. The molecule has 6 nitrogen and oxygen atoms in total. The smallest absolute Gasteiger partial charge is 0.407 e. The third-order valence-corrected chi connectivity index (χ3v) is 4.93. The first-order valence-electron chi connectivity index (χ1n) is 11.0. The number of nitrogens with one attached hydrogen (secondary N) is 1. The zero-order chi connectivity index (χ0) is 23.3. The summed E-state index contributed by atoms with van der Waals surface area (Å²) in [6, 6.07) is 25.1. The van der Waals surface area contributed by atoms with E-state index in [1.54, 1.807) is 48.5 Å². The van der Waals surface area contributed by atoms with Crippen molar-refractivity contribution in [2.24, 2.45) is 0 Å². The van der Waals surface area contributed by atoms with Gasteiger partial charge in [0, 0.05) is 18.5 Å². The van der Waals surface area contributed by atoms with Gasteiger partial charge in [0.05, 0.1) is 5.56 Å². The standard InChI is InChI=1S/C27H27NO5/c29-25(18-8-3-11-19-28-27(31)32-20-21-12-4-1-5-13-21)33-24-17-10-9-16-23(24)26(30)22-14-6-2-7-15-22/h1-2,4-7,9-10,12-17H,3,8,11,18-20H2,(H,28,31). The van der Waals surface area contributed by atoms with E-state index in [0.29, 0.717) is 24.1 Å². The molecule has 1 N–H and O–H groups in total. The van der Waals surface area contributed by atoms with Crippen LogP contribution in [-0.4, -0.2) is 24.4 Å². The molecule has 0 aromatic heterocycles. The Labute approximate surface area is 193 Å². The Morgan fingerprint density at radius 3 is 2.15 bits per heavy atom. The molecule has 0 aliphatic heterocycles. The molecule has 3 rings (SSSR count). The van der Waals surface area contributed by atoms with Gasteiger partial charge in [0.25, 0.3) is 0 Å². The number of benzene rings is 3. The van der Waals surface area contributed by atoms with Crippen molar-refractivity contribution in [1.82, 2.24) is 5.32 Å². The van der Waals surface area contributed by atoms with E-state index < -0.39 is 12.1 Å². The van der Waals surface area contributed by atoms with Gasteiger partial charge in [-0.25, -0.2) is 4.79 Å². The van der Waals surface area contributed by atoms with Gasteiger partial charge in [-0.15, -0.1) is 0 Å². The molecule has 0 atom stereocenters. The lowest BCUT2D eigenvalue weighted by Gasteiger charge is -2.10. The number of alkyl carbamates (subject to hydrolysis) is 1. The lowest BCUT2D eigenvalue weighted by atomic mass is 10.0. The number of unbranched alkanes of at least 4 members (excludes halogenated alkanes) is 2. The van der Waals surface area contributed by atoms with Crippen LogP contribution in [0.4, 0.5) is 4.79 Å². The molecule has 0 fully saturated rings. The highest BCUT2D eigenvalue weighted by Crippen LogP contribution is 2.22. The van der Waals surface area contributed by atoms with E-state index >= 15 is 0 Å². The molecule has 0 saturated carbocycles. The van der Waals surface area contributed by atoms with Gasteiger partial charge in [-0.1, -0.05) is 79.2 Å². The molecule has 0 unspecified atom stereocenters. The van der Waals surface area contributed by atoms with Crippen LogP contribution in [0.3, 0.4) is 0 Å². The highest BCUT2D eigenvalue weighted by molar-refractivity contribution is 6.10. The molecule has 1 amide bonds. The van der Waals surface area contributed by atoms with Gasteiger partial charge in [0.2, 0.25) is 0 Å². The fourth-order valence-corrected chi connectivity index (χ4v) is 3.20. The summed E-state index contributed by atoms with van der Waals surface area (Å²) in [7, 11) is 0. The minimum atomic E-state index is -0.460. The predicted octanol–water partition coefficient (Wildman–Crippen LogP) is 5.31. The van der Waals surface area contributed by atoms with E-state index in [0.717, 1.165) is 18.4 Å². The second-order valence-corrected chi connectivity index (χ2v) is 7.46. The summed E-state index contributed by atoms with van der Waals surface area (Å²) in [6.07, 6.45) is 1.86. The molecule has 3 aromatic carbocycles. The fraction of sp³-hybridized carbons (Fsp3) is 0.222. The highest BCUT2D eigenvalue weighted by Gasteiger charge is 2.16. The van der Waals surface area contributed by atoms with E-state index in [4.69, 9.17) is 9.47 Å². The van der Waals surface area contributed by atoms with Crippen molar-refractivity contribution in [3.05, 3.63) is 102 Å². The first kappa shape index (κ1) is 23.7. The van der Waals surface area contributed by atoms with Crippen LogP contribution in [0.2, 0.25) is 0 Å². The van der Waals surface area contributed by atoms with Gasteiger partial charge >= 0.3 is 12.1 Å². The molecule has 6 heteroatoms. The molecule has 3 aromatic rings. The number of para-hydroxylation sites is 1. The SMILES string of the molecule is O=C(CCCCCNC(=O)OCc1ccccc1)Oc1ccccc1C(=O)c1ccccc1. The van der Waals surface area contributed by atoms with E-state index in [1.807, 2.05) is 36.4 Å². The number of hydrogen-bond donors (Lipinski definition) is 1. The quantitative estimate of drug-likeness (QED) is 0.187. The van der Waals surface area contributed by atoms with Crippen LogP contribution in [0.15, 0.2) is 84.9 Å². The van der Waals surface area contributed by atoms with Gasteiger partial charge in [0.15, 0.2) is 5.78 Å². The maximum Gasteiger partial charge on any atom is 0.407 e. The Bertz CT molecular complexity index is 1050. The number of ether oxygens (including phenoxy) is 2. The van der Waals surface area contributed by atoms with Crippen molar-refractivity contribution in [1.29, 1.82) is 0 Å². The van der Waals surface area contributed by atoms with Crippen molar-refractivity contribution >= 4 is 17.8 Å². The molecular weight excluding hydrogens is 418 g/mol. The lowest BCUT2D eigenvalue weighted by molar-refractivity contribution is -0.134. The van der Waals surface area contributed by atoms with Crippen LogP contribution in [0, 0.1) is 0 Å². The summed E-state index contributed by atoms with van der Waals surface area (Å²) < 4.78 is 10.6. The molecule has 33 heavy (non-hydrogen) atoms. The maximum absolute atomic E-state index is 12.7. The normalized spacial score (nSPS) is 10.3. The van der Waals surface area contributed by atoms with Gasteiger partial charge < -0.3 is 14.8 Å². The predicted molar refractivity (Wildman–Crippen MR) is 125 cm³/mol. The minimum Gasteiger partial charge on any atom is -0.445 e. The third-order valence-electron chi connectivity index (χ3n) is 4.93. The van der Waals surface area contributed by atoms with Crippen LogP contribution >= 0.6 is 0 Å². The Morgan fingerprint density at radius 1 is 0.727 bits per heavy atom. The van der Waals surface area contributed by atoms with Gasteiger partial charge in [-0.2, -0.15) is 0 Å². The number of esters is 1. The van der Waals surface area contributed by atoms with Crippen molar-refractivity contribution < 1.29 is 23.9 Å². The Morgan fingerprint density at radius 2 is 1.39 bits per heavy atom. The molecule has 0 aliphatic rings. The Hall–Kier alpha value is -3.93. The van der Waals surface area contributed by atoms with E-state index in [1.165, 1.54) is 0 Å². The number of hydrogen-bond acceptors (Lipinski definition) is 5. The molecular formula is C27H27NO5. The summed E-state index contributed by atoms with van der Waals surface area (Å²) in [5, 5.41) is 2.70. The molecule has 0 aliphatic carbocycles. The summed E-state index contributed by atoms with van der Waals surface area (Å²) >= 11 is 0. The summed E-state index contributed by atoms with van der Waals surface area (Å²) in [6.45, 7) is 0.698. The van der Waals surface area contributed by atoms with E-state index in [-0.39, 0.29) is 24.6 Å². The van der Waals surface area contributed by atoms with Crippen LogP contribution in [0.5, 0.6) is 5.75 Å². The maximum atomic E-state index is 12.7. The van der Waals surface area contributed by atoms with Crippen molar-refractivity contribution in [3.8, 4) is 5.75 Å².